The lowest BCUT2D eigenvalue weighted by atomic mass is 9.92. The average Bonchev–Trinajstić information content (AvgIpc) is 4.07. The minimum absolute atomic E-state index is 0.00662. The monoisotopic (exact) mass is 971 g/mol. The maximum Gasteiger partial charge on any atom is 0.407 e. The van der Waals surface area contributed by atoms with Crippen LogP contribution in [-0.4, -0.2) is 102 Å². The van der Waals surface area contributed by atoms with Crippen LogP contribution in [0.3, 0.4) is 0 Å². The van der Waals surface area contributed by atoms with E-state index in [-0.39, 0.29) is 19.0 Å². The van der Waals surface area contributed by atoms with Crippen LogP contribution in [0.4, 0.5) is 9.59 Å². The minimum atomic E-state index is -0.637. The molecule has 0 spiro atoms. The lowest BCUT2D eigenvalue weighted by molar-refractivity contribution is -0.130. The molecule has 3 amide bonds. The molecule has 3 heterocycles. The van der Waals surface area contributed by atoms with Gasteiger partial charge in [-0.15, -0.1) is 77.1 Å². The number of nitrogens with zero attached hydrogens (tertiary/aromatic N) is 4. The van der Waals surface area contributed by atoms with Crippen molar-refractivity contribution in [2.45, 2.75) is 86.9 Å². The highest BCUT2D eigenvalue weighted by molar-refractivity contribution is 6.07. The van der Waals surface area contributed by atoms with Crippen LogP contribution >= 0.6 is 0 Å². The second kappa shape index (κ2) is 43.9. The summed E-state index contributed by atoms with van der Waals surface area (Å²) in [6, 6.07) is 14.9. The highest BCUT2D eigenvalue weighted by Gasteiger charge is 2.21. The van der Waals surface area contributed by atoms with Gasteiger partial charge in [-0.05, 0) is 72.8 Å². The number of hydrogen-bond acceptors (Lipinski definition) is 10. The van der Waals surface area contributed by atoms with Crippen molar-refractivity contribution in [3.63, 3.8) is 0 Å². The van der Waals surface area contributed by atoms with Crippen LogP contribution in [-0.2, 0) is 38.8 Å². The Hall–Kier alpha value is -8.60. The predicted octanol–water partition coefficient (Wildman–Crippen LogP) is 9.47. The van der Waals surface area contributed by atoms with Crippen molar-refractivity contribution in [2.75, 3.05) is 47.4 Å². The van der Waals surface area contributed by atoms with Gasteiger partial charge in [0.05, 0.1) is 56.8 Å². The lowest BCUT2D eigenvalue weighted by Crippen LogP contribution is -2.40. The largest absolute Gasteiger partial charge is 0.488 e. The molecule has 1 aliphatic heterocycles. The van der Waals surface area contributed by atoms with Gasteiger partial charge in [0.25, 0.3) is 0 Å². The number of carbonyl (C=O) groups excluding carboxylic acids is 4. The average molecular weight is 971 g/mol. The number of terminal acetylenes is 6. The number of aldehydes is 1. The fourth-order valence-corrected chi connectivity index (χ4v) is 6.16. The highest BCUT2D eigenvalue weighted by Crippen LogP contribution is 2.42. The molecule has 0 saturated heterocycles. The Labute approximate surface area is 424 Å². The summed E-state index contributed by atoms with van der Waals surface area (Å²) < 4.78 is 15.0. The number of imidazole rings is 2. The number of rotatable bonds is 13. The van der Waals surface area contributed by atoms with Crippen molar-refractivity contribution in [2.24, 2.45) is 0 Å². The number of nitrogens with one attached hydrogen (secondary N) is 4. The van der Waals surface area contributed by atoms with E-state index < -0.39 is 12.2 Å². The molecule has 380 valence electrons. The Morgan fingerprint density at radius 2 is 1.31 bits per heavy atom. The minimum Gasteiger partial charge on any atom is -0.488 e. The second-order valence-corrected chi connectivity index (χ2v) is 14.0. The third-order valence-electron chi connectivity index (χ3n) is 8.63. The van der Waals surface area contributed by atoms with Crippen molar-refractivity contribution in [3.8, 4) is 105 Å². The number of fused-ring (bicyclic) bond motifs is 6. The molecule has 4 N–H and O–H groups in total. The van der Waals surface area contributed by atoms with Gasteiger partial charge in [-0.3, -0.25) is 9.69 Å². The zero-order valence-electron chi connectivity index (χ0n) is 43.0. The molecule has 0 saturated carbocycles. The molecular weight excluding hydrogens is 897 g/mol. The van der Waals surface area contributed by atoms with E-state index in [0.29, 0.717) is 31.8 Å². The first-order valence-electron chi connectivity index (χ1n) is 22.3. The zero-order valence-corrected chi connectivity index (χ0v) is 43.0. The predicted molar refractivity (Wildman–Crippen MR) is 291 cm³/mol. The van der Waals surface area contributed by atoms with E-state index in [0.717, 1.165) is 87.3 Å². The van der Waals surface area contributed by atoms with Crippen molar-refractivity contribution < 1.29 is 33.4 Å². The summed E-state index contributed by atoms with van der Waals surface area (Å²) in [7, 11) is 4.62. The van der Waals surface area contributed by atoms with Crippen LogP contribution in [0.1, 0.15) is 84.4 Å². The van der Waals surface area contributed by atoms with Gasteiger partial charge in [-0.25, -0.2) is 19.6 Å². The van der Waals surface area contributed by atoms with E-state index in [4.69, 9.17) is 9.72 Å². The van der Waals surface area contributed by atoms with Gasteiger partial charge < -0.3 is 44.5 Å². The molecule has 0 radical (unpaired) electrons. The molecule has 0 bridgehead atoms. The van der Waals surface area contributed by atoms with Crippen LogP contribution in [0.5, 0.6) is 5.75 Å². The van der Waals surface area contributed by atoms with Gasteiger partial charge in [0, 0.05) is 17.5 Å². The number of methoxy groups -OCH3 is 2. The van der Waals surface area contributed by atoms with Gasteiger partial charge in [0.2, 0.25) is 5.91 Å². The Morgan fingerprint density at radius 3 is 1.86 bits per heavy atom. The number of H-pyrrole nitrogens is 2. The van der Waals surface area contributed by atoms with Crippen molar-refractivity contribution in [1.82, 2.24) is 40.4 Å². The Balaban J connectivity index is -0.000000730. The first-order chi connectivity index (χ1) is 34.5. The summed E-state index contributed by atoms with van der Waals surface area (Å²) in [5, 5.41) is 6.80. The quantitative estimate of drug-likeness (QED) is 0.0655. The fraction of sp³-hybridized carbons (Fsp3) is 0.357. The van der Waals surface area contributed by atoms with Crippen LogP contribution in [0.2, 0.25) is 0 Å². The number of hydrogen-bond donors (Lipinski definition) is 4. The Bertz CT molecular complexity index is 2350. The first-order valence-corrected chi connectivity index (χ1v) is 22.3. The molecule has 15 heteroatoms. The number of aromatic amines is 2. The van der Waals surface area contributed by atoms with E-state index in [2.05, 4.69) is 201 Å². The van der Waals surface area contributed by atoms with Gasteiger partial charge in [0.1, 0.15) is 36.8 Å². The molecule has 6 rings (SSSR count). The highest BCUT2D eigenvalue weighted by atomic mass is 16.5. The molecule has 2 aromatic heterocycles. The number of amides is 3. The molecule has 1 aliphatic rings. The molecule has 0 atom stereocenters. The SMILES string of the molecule is C#C.C#C.C#C.C#C.C#C.C#C.CCC.CCC.CCCN(C)Cc1nc2c(ccc3cc4c(cc32)OCc2cc(-c3cnc(CN(CCC)C(=O)CNC(=O)OC)[nH]3)ccc2-4)[nH]1.COC(=O)NCC=O. The summed E-state index contributed by atoms with van der Waals surface area (Å²) in [6.07, 6.45) is 53.5. The summed E-state index contributed by atoms with van der Waals surface area (Å²) in [6.45, 7) is 15.7. The van der Waals surface area contributed by atoms with Crippen LogP contribution in [0, 0.1) is 77.1 Å². The molecule has 71 heavy (non-hydrogen) atoms. The molecule has 0 aliphatic carbocycles. The van der Waals surface area contributed by atoms with E-state index in [1.807, 2.05) is 6.92 Å². The van der Waals surface area contributed by atoms with Crippen LogP contribution < -0.4 is 15.4 Å². The fourth-order valence-electron chi connectivity index (χ4n) is 6.16. The molecule has 0 fully saturated rings. The summed E-state index contributed by atoms with van der Waals surface area (Å²) in [5.41, 5.74) is 7.14. The normalized spacial score (nSPS) is 9.27. The van der Waals surface area contributed by atoms with E-state index >= 15 is 0 Å². The summed E-state index contributed by atoms with van der Waals surface area (Å²) in [4.78, 5) is 64.0. The Kier molecular flexibility index (Phi) is 42.7. The molecule has 15 nitrogen and oxygen atoms in total. The van der Waals surface area contributed by atoms with Gasteiger partial charge in [-0.1, -0.05) is 72.6 Å². The number of carbonyl (C=O) groups is 4. The van der Waals surface area contributed by atoms with E-state index in [1.54, 1.807) is 11.1 Å². The zero-order chi connectivity index (χ0) is 55.3. The van der Waals surface area contributed by atoms with Crippen molar-refractivity contribution in [3.05, 3.63) is 65.9 Å². The third kappa shape index (κ3) is 24.3. The second-order valence-electron chi connectivity index (χ2n) is 14.0. The van der Waals surface area contributed by atoms with E-state index in [9.17, 15) is 19.2 Å². The summed E-state index contributed by atoms with van der Waals surface area (Å²) >= 11 is 0. The number of ether oxygens (including phenoxy) is 3. The lowest BCUT2D eigenvalue weighted by Gasteiger charge is -2.22. The molecule has 0 unspecified atom stereocenters. The number of alkyl carbamates (subject to hydrolysis) is 2. The first kappa shape index (κ1) is 69.0. The number of aromatic nitrogens is 4. The van der Waals surface area contributed by atoms with Crippen molar-refractivity contribution in [1.29, 1.82) is 0 Å². The van der Waals surface area contributed by atoms with Crippen LogP contribution in [0.25, 0.3) is 44.2 Å². The number of benzene rings is 3. The van der Waals surface area contributed by atoms with Crippen LogP contribution in [0.15, 0.2) is 48.7 Å². The van der Waals surface area contributed by atoms with Crippen molar-refractivity contribution >= 4 is 46.2 Å². The maximum atomic E-state index is 12.7. The third-order valence-corrected chi connectivity index (χ3v) is 8.63. The summed E-state index contributed by atoms with van der Waals surface area (Å²) in [5.74, 6) is 2.28. The topological polar surface area (TPSA) is 184 Å². The van der Waals surface area contributed by atoms with E-state index in [1.165, 1.54) is 27.1 Å². The standard InChI is InChI=1S/C34H39N7O4.C4H7NO3.2C3H8.6C2H2/c1-5-11-40(3)18-31-37-27-10-8-21-14-26-24-9-7-22(13-23(24)20-45-29(26)15-25(21)33(27)39-31)28-16-35-30(38-28)19-41(12-6-2)32(42)17-36-34(43)44-4;1-8-4(7)5-2-3-6;2*1-3-2;6*1-2/h7-10,13-16H,5-6,11-12,17-20H2,1-4H3,(H,35,38)(H,36,43)(H,37,39);3H,2H2,1H3,(H,5,7);2*3H2,1-2H3;6*1-2H. The smallest absolute Gasteiger partial charge is 0.407 e. The van der Waals surface area contributed by atoms with Gasteiger partial charge >= 0.3 is 12.2 Å². The Morgan fingerprint density at radius 1 is 0.732 bits per heavy atom. The van der Waals surface area contributed by atoms with Gasteiger partial charge in [-0.2, -0.15) is 0 Å². The molecule has 5 aromatic rings. The maximum absolute atomic E-state index is 12.7. The molecule has 3 aromatic carbocycles. The van der Waals surface area contributed by atoms with Gasteiger partial charge in [0.15, 0.2) is 0 Å². The molecular formula is C56H74N8O7.